The second-order valence-corrected chi connectivity index (χ2v) is 3.58. The zero-order chi connectivity index (χ0) is 11.5. The van der Waals surface area contributed by atoms with Crippen molar-refractivity contribution in [3.8, 4) is 17.5 Å². The number of alkyl halides is 1. The Bertz CT molecular complexity index is 554. The highest BCUT2D eigenvalue weighted by molar-refractivity contribution is 6.17. The molecule has 1 aromatic carbocycles. The largest absolute Gasteiger partial charge is 0.441 e. The van der Waals surface area contributed by atoms with Crippen molar-refractivity contribution >= 4 is 11.6 Å². The van der Waals surface area contributed by atoms with Crippen LogP contribution in [0.2, 0.25) is 0 Å². The smallest absolute Gasteiger partial charge is 0.227 e. The van der Waals surface area contributed by atoms with Crippen LogP contribution in [0.3, 0.4) is 0 Å². The van der Waals surface area contributed by atoms with E-state index in [2.05, 4.69) is 11.1 Å². The summed E-state index contributed by atoms with van der Waals surface area (Å²) in [6.07, 6.45) is 0. The monoisotopic (exact) mass is 232 g/mol. The quantitative estimate of drug-likeness (QED) is 0.747. The second kappa shape index (κ2) is 4.38. The third-order valence-electron chi connectivity index (χ3n) is 2.30. The number of aromatic nitrogens is 1. The van der Waals surface area contributed by atoms with Gasteiger partial charge in [0.15, 0.2) is 0 Å². The number of rotatable bonds is 2. The van der Waals surface area contributed by atoms with E-state index in [1.54, 1.807) is 12.1 Å². The van der Waals surface area contributed by atoms with Crippen molar-refractivity contribution in [1.82, 2.24) is 4.98 Å². The number of nitriles is 1. The lowest BCUT2D eigenvalue weighted by Gasteiger charge is -1.96. The fraction of sp³-hybridized carbons (Fsp3) is 0.167. The zero-order valence-electron chi connectivity index (χ0n) is 8.70. The summed E-state index contributed by atoms with van der Waals surface area (Å²) in [4.78, 5) is 4.26. The summed E-state index contributed by atoms with van der Waals surface area (Å²) < 4.78 is 5.49. The Morgan fingerprint density at radius 3 is 2.81 bits per heavy atom. The Hall–Kier alpha value is -1.79. The molecule has 0 amide bonds. The van der Waals surface area contributed by atoms with Gasteiger partial charge in [-0.2, -0.15) is 5.26 Å². The minimum atomic E-state index is 0.310. The first kappa shape index (κ1) is 10.7. The highest BCUT2D eigenvalue weighted by Crippen LogP contribution is 2.25. The average molecular weight is 233 g/mol. The topological polar surface area (TPSA) is 49.8 Å². The maximum atomic E-state index is 8.97. The predicted octanol–water partition coefficient (Wildman–Crippen LogP) is 3.26. The van der Waals surface area contributed by atoms with Crippen molar-refractivity contribution in [1.29, 1.82) is 5.26 Å². The molecule has 1 aromatic heterocycles. The van der Waals surface area contributed by atoms with Crippen LogP contribution in [0.1, 0.15) is 17.0 Å². The van der Waals surface area contributed by atoms with Crippen molar-refractivity contribution < 1.29 is 4.42 Å². The van der Waals surface area contributed by atoms with E-state index in [4.69, 9.17) is 21.3 Å². The van der Waals surface area contributed by atoms with Gasteiger partial charge in [-0.3, -0.25) is 0 Å². The van der Waals surface area contributed by atoms with E-state index in [1.807, 2.05) is 19.1 Å². The van der Waals surface area contributed by atoms with Gasteiger partial charge in [0.05, 0.1) is 28.8 Å². The van der Waals surface area contributed by atoms with Crippen LogP contribution in [-0.4, -0.2) is 4.98 Å². The van der Waals surface area contributed by atoms with E-state index in [0.29, 0.717) is 34.4 Å². The summed E-state index contributed by atoms with van der Waals surface area (Å²) in [7, 11) is 0. The van der Waals surface area contributed by atoms with Crippen LogP contribution >= 0.6 is 11.6 Å². The van der Waals surface area contributed by atoms with E-state index in [9.17, 15) is 0 Å². The van der Waals surface area contributed by atoms with E-state index in [1.165, 1.54) is 0 Å². The molecule has 3 nitrogen and oxygen atoms in total. The van der Waals surface area contributed by atoms with Gasteiger partial charge >= 0.3 is 0 Å². The van der Waals surface area contributed by atoms with Gasteiger partial charge < -0.3 is 4.42 Å². The average Bonchev–Trinajstić information content (AvgIpc) is 2.70. The number of aryl methyl sites for hydroxylation is 1. The van der Waals surface area contributed by atoms with E-state index in [-0.39, 0.29) is 0 Å². The Balaban J connectivity index is 2.55. The molecule has 0 saturated carbocycles. The molecule has 0 bridgehead atoms. The molecule has 0 atom stereocenters. The van der Waals surface area contributed by atoms with Crippen LogP contribution in [0.4, 0.5) is 0 Å². The van der Waals surface area contributed by atoms with Crippen LogP contribution in [-0.2, 0) is 5.88 Å². The van der Waals surface area contributed by atoms with E-state index < -0.39 is 0 Å². The third kappa shape index (κ3) is 1.80. The third-order valence-corrected chi connectivity index (χ3v) is 2.55. The molecule has 2 rings (SSSR count). The summed E-state index contributed by atoms with van der Waals surface area (Å²) in [6.45, 7) is 1.81. The van der Waals surface area contributed by atoms with Crippen molar-refractivity contribution in [2.24, 2.45) is 0 Å². The molecule has 0 fully saturated rings. The van der Waals surface area contributed by atoms with Gasteiger partial charge in [0.25, 0.3) is 0 Å². The van der Waals surface area contributed by atoms with Crippen LogP contribution in [0, 0.1) is 18.3 Å². The normalized spacial score (nSPS) is 10.1. The Morgan fingerprint density at radius 2 is 2.19 bits per heavy atom. The molecule has 16 heavy (non-hydrogen) atoms. The first-order chi connectivity index (χ1) is 7.76. The van der Waals surface area contributed by atoms with Crippen molar-refractivity contribution in [2.45, 2.75) is 12.8 Å². The number of nitrogens with zero attached hydrogens (tertiary/aromatic N) is 2. The lowest BCUT2D eigenvalue weighted by atomic mass is 10.1. The first-order valence-corrected chi connectivity index (χ1v) is 5.31. The van der Waals surface area contributed by atoms with Crippen molar-refractivity contribution in [3.63, 3.8) is 0 Å². The van der Waals surface area contributed by atoms with Crippen LogP contribution in [0.15, 0.2) is 28.7 Å². The first-order valence-electron chi connectivity index (χ1n) is 4.78. The lowest BCUT2D eigenvalue weighted by Crippen LogP contribution is -1.84. The molecule has 4 heteroatoms. The molecule has 80 valence electrons. The van der Waals surface area contributed by atoms with E-state index in [0.717, 1.165) is 0 Å². The van der Waals surface area contributed by atoms with Gasteiger partial charge in [0, 0.05) is 0 Å². The van der Waals surface area contributed by atoms with Crippen LogP contribution in [0.5, 0.6) is 0 Å². The summed E-state index contributed by atoms with van der Waals surface area (Å²) in [5.41, 5.74) is 1.96. The number of oxazole rings is 1. The molecule has 0 radical (unpaired) electrons. The number of hydrogen-bond donors (Lipinski definition) is 0. The number of benzene rings is 1. The molecule has 0 unspecified atom stereocenters. The standard InChI is InChI=1S/C12H9ClN2O/c1-8-11(6-13)15-12(16-8)10-5-3-2-4-9(10)7-14/h2-5H,6H2,1H3. The minimum absolute atomic E-state index is 0.310. The van der Waals surface area contributed by atoms with Crippen molar-refractivity contribution in [2.75, 3.05) is 0 Å². The van der Waals surface area contributed by atoms with Crippen molar-refractivity contribution in [3.05, 3.63) is 41.3 Å². The fourth-order valence-corrected chi connectivity index (χ4v) is 1.68. The van der Waals surface area contributed by atoms with Gasteiger partial charge in [-0.25, -0.2) is 4.98 Å². The SMILES string of the molecule is Cc1oc(-c2ccccc2C#N)nc1CCl. The Morgan fingerprint density at radius 1 is 1.44 bits per heavy atom. The fourth-order valence-electron chi connectivity index (χ4n) is 1.43. The molecule has 0 aliphatic heterocycles. The van der Waals surface area contributed by atoms with Gasteiger partial charge in [-0.15, -0.1) is 11.6 Å². The Labute approximate surface area is 98.3 Å². The van der Waals surface area contributed by atoms with Gasteiger partial charge in [0.1, 0.15) is 5.76 Å². The Kier molecular flexibility index (Phi) is 2.93. The molecule has 0 aliphatic carbocycles. The summed E-state index contributed by atoms with van der Waals surface area (Å²) in [5.74, 6) is 1.45. The maximum Gasteiger partial charge on any atom is 0.227 e. The summed E-state index contributed by atoms with van der Waals surface area (Å²) in [5, 5.41) is 8.97. The molecular weight excluding hydrogens is 224 g/mol. The molecule has 0 spiro atoms. The van der Waals surface area contributed by atoms with E-state index >= 15 is 0 Å². The molecule has 0 aliphatic rings. The second-order valence-electron chi connectivity index (χ2n) is 3.31. The van der Waals surface area contributed by atoms with Crippen LogP contribution in [0.25, 0.3) is 11.5 Å². The minimum Gasteiger partial charge on any atom is -0.441 e. The van der Waals surface area contributed by atoms with Crippen LogP contribution < -0.4 is 0 Å². The highest BCUT2D eigenvalue weighted by atomic mass is 35.5. The predicted molar refractivity (Wildman–Crippen MR) is 60.9 cm³/mol. The zero-order valence-corrected chi connectivity index (χ0v) is 9.45. The molecule has 2 aromatic rings. The van der Waals surface area contributed by atoms with Gasteiger partial charge in [-0.1, -0.05) is 12.1 Å². The molecular formula is C12H9ClN2O. The number of halogens is 1. The molecule has 0 saturated heterocycles. The lowest BCUT2D eigenvalue weighted by molar-refractivity contribution is 0.540. The maximum absolute atomic E-state index is 8.97. The highest BCUT2D eigenvalue weighted by Gasteiger charge is 2.13. The van der Waals surface area contributed by atoms with Gasteiger partial charge in [-0.05, 0) is 19.1 Å². The number of hydrogen-bond acceptors (Lipinski definition) is 3. The summed E-state index contributed by atoms with van der Waals surface area (Å²) >= 11 is 5.72. The summed E-state index contributed by atoms with van der Waals surface area (Å²) in [6, 6.07) is 9.30. The van der Waals surface area contributed by atoms with Gasteiger partial charge in [0.2, 0.25) is 5.89 Å². The molecule has 0 N–H and O–H groups in total. The molecule has 1 heterocycles.